The van der Waals surface area contributed by atoms with E-state index in [9.17, 15) is 14.7 Å². The number of hydrogen-bond acceptors (Lipinski definition) is 5. The molecule has 2 amide bonds. The highest BCUT2D eigenvalue weighted by Gasteiger charge is 2.28. The van der Waals surface area contributed by atoms with Gasteiger partial charge >= 0.3 is 0 Å². The first-order chi connectivity index (χ1) is 18.8. The van der Waals surface area contributed by atoms with Crippen molar-refractivity contribution in [3.8, 4) is 5.75 Å². The highest BCUT2D eigenvalue weighted by atomic mass is 35.5. The number of fused-ring (bicyclic) bond motifs is 1. The SMILES string of the molecule is Cc1cccc(N2CCN(C(=O)c3ccc(/C=N/NC(=O)c4ccc(O)c(Cl)c4)c4ccccc34)CC2C)c1. The van der Waals surface area contributed by atoms with Gasteiger partial charge in [-0.3, -0.25) is 9.59 Å². The lowest BCUT2D eigenvalue weighted by atomic mass is 9.98. The molecule has 1 unspecified atom stereocenters. The second-order valence-corrected chi connectivity index (χ2v) is 10.2. The quantitative estimate of drug-likeness (QED) is 0.254. The van der Waals surface area contributed by atoms with Crippen LogP contribution in [0.25, 0.3) is 10.8 Å². The molecule has 1 atom stereocenters. The number of carbonyl (C=O) groups is 2. The number of nitrogens with one attached hydrogen (secondary N) is 1. The number of phenols is 1. The molecule has 2 N–H and O–H groups in total. The second-order valence-electron chi connectivity index (χ2n) is 9.75. The highest BCUT2D eigenvalue weighted by Crippen LogP contribution is 2.27. The molecular weight excluding hydrogens is 512 g/mol. The van der Waals surface area contributed by atoms with Gasteiger partial charge in [-0.05, 0) is 66.6 Å². The van der Waals surface area contributed by atoms with Crippen LogP contribution in [0, 0.1) is 6.92 Å². The molecule has 4 aromatic rings. The van der Waals surface area contributed by atoms with E-state index in [0.717, 1.165) is 22.9 Å². The van der Waals surface area contributed by atoms with E-state index in [1.807, 2.05) is 41.3 Å². The average Bonchev–Trinajstić information content (AvgIpc) is 2.94. The molecule has 0 aromatic heterocycles. The topological polar surface area (TPSA) is 85.2 Å². The Morgan fingerprint density at radius 3 is 2.54 bits per heavy atom. The molecule has 1 saturated heterocycles. The lowest BCUT2D eigenvalue weighted by molar-refractivity contribution is 0.0728. The number of hydrogen-bond donors (Lipinski definition) is 2. The van der Waals surface area contributed by atoms with Crippen LogP contribution < -0.4 is 10.3 Å². The average molecular weight is 541 g/mol. The van der Waals surface area contributed by atoms with Crippen LogP contribution in [0.4, 0.5) is 5.69 Å². The smallest absolute Gasteiger partial charge is 0.271 e. The van der Waals surface area contributed by atoms with E-state index in [4.69, 9.17) is 11.6 Å². The number of phenolic OH excluding ortho intramolecular Hbond substituents is 1. The number of carbonyl (C=O) groups excluding carboxylic acids is 2. The van der Waals surface area contributed by atoms with Crippen molar-refractivity contribution in [3.63, 3.8) is 0 Å². The van der Waals surface area contributed by atoms with E-state index in [1.54, 1.807) is 6.21 Å². The van der Waals surface area contributed by atoms with Crippen molar-refractivity contribution < 1.29 is 14.7 Å². The van der Waals surface area contributed by atoms with Crippen LogP contribution in [0.15, 0.2) is 84.0 Å². The van der Waals surface area contributed by atoms with Gasteiger partial charge in [0.05, 0.1) is 11.2 Å². The molecule has 0 saturated carbocycles. The number of anilines is 1. The molecule has 0 radical (unpaired) electrons. The number of amides is 2. The van der Waals surface area contributed by atoms with Crippen LogP contribution in [0.2, 0.25) is 5.02 Å². The maximum absolute atomic E-state index is 13.7. The van der Waals surface area contributed by atoms with Crippen LogP contribution in [0.3, 0.4) is 0 Å². The predicted molar refractivity (Wildman–Crippen MR) is 156 cm³/mol. The van der Waals surface area contributed by atoms with Crippen molar-refractivity contribution in [2.24, 2.45) is 5.10 Å². The van der Waals surface area contributed by atoms with Gasteiger partial charge in [0.2, 0.25) is 0 Å². The maximum atomic E-state index is 13.7. The molecule has 1 aliphatic heterocycles. The van der Waals surface area contributed by atoms with Gasteiger partial charge in [-0.15, -0.1) is 0 Å². The molecule has 5 rings (SSSR count). The van der Waals surface area contributed by atoms with Crippen LogP contribution in [-0.4, -0.2) is 53.7 Å². The van der Waals surface area contributed by atoms with Gasteiger partial charge < -0.3 is 14.9 Å². The number of aromatic hydroxyl groups is 1. The fourth-order valence-corrected chi connectivity index (χ4v) is 5.18. The molecule has 1 fully saturated rings. The number of piperazine rings is 1. The van der Waals surface area contributed by atoms with E-state index < -0.39 is 5.91 Å². The Kier molecular flexibility index (Phi) is 7.52. The minimum absolute atomic E-state index is 0.00272. The van der Waals surface area contributed by atoms with Gasteiger partial charge in [0.15, 0.2) is 0 Å². The zero-order chi connectivity index (χ0) is 27.5. The van der Waals surface area contributed by atoms with E-state index in [-0.39, 0.29) is 28.3 Å². The monoisotopic (exact) mass is 540 g/mol. The predicted octanol–water partition coefficient (Wildman–Crippen LogP) is 5.62. The number of hydrazone groups is 1. The van der Waals surface area contributed by atoms with Crippen molar-refractivity contribution >= 4 is 46.1 Å². The molecule has 0 spiro atoms. The largest absolute Gasteiger partial charge is 0.506 e. The summed E-state index contributed by atoms with van der Waals surface area (Å²) in [5, 5.41) is 15.4. The number of rotatable bonds is 5. The normalized spacial score (nSPS) is 15.6. The molecule has 1 aliphatic rings. The molecule has 4 aromatic carbocycles. The molecule has 0 bridgehead atoms. The molecule has 8 heteroatoms. The van der Waals surface area contributed by atoms with Gasteiger partial charge in [-0.2, -0.15) is 5.10 Å². The molecule has 39 heavy (non-hydrogen) atoms. The summed E-state index contributed by atoms with van der Waals surface area (Å²) >= 11 is 5.90. The van der Waals surface area contributed by atoms with Crippen LogP contribution in [0.5, 0.6) is 5.75 Å². The second kappa shape index (κ2) is 11.2. The van der Waals surface area contributed by atoms with Crippen molar-refractivity contribution in [1.29, 1.82) is 0 Å². The van der Waals surface area contributed by atoms with Gasteiger partial charge in [-0.25, -0.2) is 5.43 Å². The summed E-state index contributed by atoms with van der Waals surface area (Å²) in [7, 11) is 0. The molecule has 1 heterocycles. The summed E-state index contributed by atoms with van der Waals surface area (Å²) in [5.41, 5.74) is 6.57. The first kappa shape index (κ1) is 26.3. The molecule has 198 valence electrons. The summed E-state index contributed by atoms with van der Waals surface area (Å²) in [6, 6.07) is 24.2. The van der Waals surface area contributed by atoms with E-state index >= 15 is 0 Å². The Labute approximate surface area is 232 Å². The Hall–Kier alpha value is -4.36. The van der Waals surface area contributed by atoms with E-state index in [0.29, 0.717) is 18.7 Å². The lowest BCUT2D eigenvalue weighted by Gasteiger charge is -2.41. The Balaban J connectivity index is 1.32. The van der Waals surface area contributed by atoms with Crippen molar-refractivity contribution in [1.82, 2.24) is 10.3 Å². The van der Waals surface area contributed by atoms with Crippen LogP contribution >= 0.6 is 11.6 Å². The Morgan fingerprint density at radius 2 is 1.79 bits per heavy atom. The van der Waals surface area contributed by atoms with Crippen molar-refractivity contribution in [3.05, 3.63) is 106 Å². The minimum Gasteiger partial charge on any atom is -0.506 e. The molecule has 0 aliphatic carbocycles. The summed E-state index contributed by atoms with van der Waals surface area (Å²) in [6.45, 7) is 6.29. The Morgan fingerprint density at radius 1 is 1.00 bits per heavy atom. The highest BCUT2D eigenvalue weighted by molar-refractivity contribution is 6.32. The zero-order valence-corrected chi connectivity index (χ0v) is 22.5. The number of nitrogens with zero attached hydrogens (tertiary/aromatic N) is 3. The first-order valence-electron chi connectivity index (χ1n) is 12.8. The number of aryl methyl sites for hydroxylation is 1. The third kappa shape index (κ3) is 5.59. The minimum atomic E-state index is -0.455. The summed E-state index contributed by atoms with van der Waals surface area (Å²) in [6.07, 6.45) is 1.55. The standard InChI is InChI=1S/C31H29ClN4O3/c1-20-6-5-7-24(16-20)36-15-14-35(19-21(36)2)31(39)27-12-10-23(25-8-3-4-9-26(25)27)18-33-34-30(38)22-11-13-29(37)28(32)17-22/h3-13,16-18,21,37H,14-15,19H2,1-2H3,(H,34,38)/b33-18+. The summed E-state index contributed by atoms with van der Waals surface area (Å²) in [5.74, 6) is -0.549. The fourth-order valence-electron chi connectivity index (χ4n) is 5.00. The summed E-state index contributed by atoms with van der Waals surface area (Å²) < 4.78 is 0. The van der Waals surface area contributed by atoms with Gasteiger partial charge in [0, 0.05) is 48.1 Å². The van der Waals surface area contributed by atoms with Gasteiger partial charge in [-0.1, -0.05) is 54.1 Å². The molecule has 7 nitrogen and oxygen atoms in total. The van der Waals surface area contributed by atoms with Crippen LogP contribution in [-0.2, 0) is 0 Å². The first-order valence-corrected chi connectivity index (χ1v) is 13.2. The summed E-state index contributed by atoms with van der Waals surface area (Å²) in [4.78, 5) is 30.4. The number of halogens is 1. The maximum Gasteiger partial charge on any atom is 0.271 e. The van der Waals surface area contributed by atoms with Gasteiger partial charge in [0.1, 0.15) is 5.75 Å². The fraction of sp³-hybridized carbons (Fsp3) is 0.194. The zero-order valence-electron chi connectivity index (χ0n) is 21.8. The third-order valence-electron chi connectivity index (χ3n) is 7.02. The van der Waals surface area contributed by atoms with E-state index in [1.165, 1.54) is 29.4 Å². The van der Waals surface area contributed by atoms with Gasteiger partial charge in [0.25, 0.3) is 11.8 Å². The van der Waals surface area contributed by atoms with Crippen LogP contribution in [0.1, 0.15) is 38.8 Å². The third-order valence-corrected chi connectivity index (χ3v) is 7.32. The number of benzene rings is 4. The van der Waals surface area contributed by atoms with Crippen molar-refractivity contribution in [2.75, 3.05) is 24.5 Å². The Bertz CT molecular complexity index is 1590. The van der Waals surface area contributed by atoms with Crippen molar-refractivity contribution in [2.45, 2.75) is 19.9 Å². The van der Waals surface area contributed by atoms with E-state index in [2.05, 4.69) is 53.5 Å². The molecular formula is C31H29ClN4O3. The lowest BCUT2D eigenvalue weighted by Crippen LogP contribution is -2.53.